The lowest BCUT2D eigenvalue weighted by molar-refractivity contribution is -0.217. The molecular formula is C8H18NO6P. The average Bonchev–Trinajstić information content (AvgIpc) is 2.21. The highest BCUT2D eigenvalue weighted by Gasteiger charge is 2.24. The lowest BCUT2D eigenvalue weighted by atomic mass is 10.3. The van der Waals surface area contributed by atoms with Crippen LogP contribution in [0.2, 0.25) is 0 Å². The van der Waals surface area contributed by atoms with E-state index in [0.29, 0.717) is 6.42 Å². The molecule has 0 saturated heterocycles. The van der Waals surface area contributed by atoms with Gasteiger partial charge in [-0.25, -0.2) is 9.36 Å². The van der Waals surface area contributed by atoms with E-state index in [1.54, 1.807) is 0 Å². The lowest BCUT2D eigenvalue weighted by Gasteiger charge is -2.09. The Morgan fingerprint density at radius 1 is 1.50 bits per heavy atom. The third-order valence-electron chi connectivity index (χ3n) is 1.38. The SMILES string of the molecule is C=CC(=O)OOP(=O)(O)OCCCCC.N. The number of phosphoric ester groups is 1. The van der Waals surface area contributed by atoms with Crippen molar-refractivity contribution in [1.29, 1.82) is 0 Å². The first-order chi connectivity index (χ1) is 7.02. The van der Waals surface area contributed by atoms with Crippen LogP contribution in [0.5, 0.6) is 0 Å². The first-order valence-electron chi connectivity index (χ1n) is 4.52. The van der Waals surface area contributed by atoms with Crippen LogP contribution in [0.3, 0.4) is 0 Å². The van der Waals surface area contributed by atoms with Crippen molar-refractivity contribution in [1.82, 2.24) is 6.15 Å². The van der Waals surface area contributed by atoms with E-state index in [9.17, 15) is 9.36 Å². The molecule has 0 aliphatic heterocycles. The minimum Gasteiger partial charge on any atom is -0.344 e. The van der Waals surface area contributed by atoms with Crippen LogP contribution in [0.4, 0.5) is 0 Å². The zero-order valence-corrected chi connectivity index (χ0v) is 10.2. The van der Waals surface area contributed by atoms with Gasteiger partial charge in [-0.15, -0.1) is 0 Å². The largest absolute Gasteiger partial charge is 0.508 e. The molecule has 0 saturated carbocycles. The topological polar surface area (TPSA) is 117 Å². The molecule has 8 heteroatoms. The Hall–Kier alpha value is -0.720. The van der Waals surface area contributed by atoms with Gasteiger partial charge in [0.25, 0.3) is 0 Å². The number of carbonyl (C=O) groups is 1. The second-order valence-corrected chi connectivity index (χ2v) is 4.03. The molecular weight excluding hydrogens is 237 g/mol. The second kappa shape index (κ2) is 9.50. The monoisotopic (exact) mass is 255 g/mol. The standard InChI is InChI=1S/C8H15O6P.H3N/c1-3-5-6-7-12-15(10,11)14-13-8(9)4-2;/h4H,2-3,5-7H2,1H3,(H,10,11);1H3. The Morgan fingerprint density at radius 2 is 2.12 bits per heavy atom. The minimum absolute atomic E-state index is 0. The van der Waals surface area contributed by atoms with E-state index in [1.165, 1.54) is 0 Å². The molecule has 1 atom stereocenters. The highest BCUT2D eigenvalue weighted by molar-refractivity contribution is 7.47. The van der Waals surface area contributed by atoms with E-state index in [2.05, 4.69) is 20.7 Å². The summed E-state index contributed by atoms with van der Waals surface area (Å²) in [6.07, 6.45) is 3.29. The van der Waals surface area contributed by atoms with Gasteiger partial charge in [-0.3, -0.25) is 9.41 Å². The van der Waals surface area contributed by atoms with Gasteiger partial charge < -0.3 is 11.0 Å². The van der Waals surface area contributed by atoms with Crippen LogP contribution >= 0.6 is 7.82 Å². The second-order valence-electron chi connectivity index (χ2n) is 2.69. The van der Waals surface area contributed by atoms with E-state index < -0.39 is 13.8 Å². The van der Waals surface area contributed by atoms with Gasteiger partial charge in [0, 0.05) is 6.08 Å². The van der Waals surface area contributed by atoms with Crippen molar-refractivity contribution in [2.45, 2.75) is 26.2 Å². The maximum atomic E-state index is 11.0. The number of hydrogen-bond donors (Lipinski definition) is 2. The molecule has 7 nitrogen and oxygen atoms in total. The molecule has 0 heterocycles. The van der Waals surface area contributed by atoms with Crippen LogP contribution in [0.1, 0.15) is 26.2 Å². The van der Waals surface area contributed by atoms with Crippen LogP contribution in [0.25, 0.3) is 0 Å². The maximum Gasteiger partial charge on any atom is 0.508 e. The molecule has 96 valence electrons. The van der Waals surface area contributed by atoms with Crippen molar-refractivity contribution in [3.8, 4) is 0 Å². The molecule has 1 unspecified atom stereocenters. The normalized spacial score (nSPS) is 13.4. The molecule has 0 radical (unpaired) electrons. The average molecular weight is 255 g/mol. The summed E-state index contributed by atoms with van der Waals surface area (Å²) in [4.78, 5) is 23.4. The molecule has 0 amide bonds. The van der Waals surface area contributed by atoms with E-state index in [1.807, 2.05) is 6.92 Å². The molecule has 0 aromatic heterocycles. The number of hydrogen-bond acceptors (Lipinski definition) is 6. The first-order valence-corrected chi connectivity index (χ1v) is 6.01. The van der Waals surface area contributed by atoms with Crippen molar-refractivity contribution in [3.05, 3.63) is 12.7 Å². The zero-order chi connectivity index (χ0) is 11.7. The van der Waals surface area contributed by atoms with Gasteiger partial charge in [0.1, 0.15) is 0 Å². The highest BCUT2D eigenvalue weighted by Crippen LogP contribution is 2.43. The molecule has 0 aromatic rings. The van der Waals surface area contributed by atoms with Crippen molar-refractivity contribution in [2.24, 2.45) is 0 Å². The molecule has 0 bridgehead atoms. The quantitative estimate of drug-likeness (QED) is 0.224. The third-order valence-corrected chi connectivity index (χ3v) is 2.15. The molecule has 0 rings (SSSR count). The van der Waals surface area contributed by atoms with Crippen LogP contribution in [0, 0.1) is 0 Å². The summed E-state index contributed by atoms with van der Waals surface area (Å²) in [5.41, 5.74) is 0. The maximum absolute atomic E-state index is 11.0. The summed E-state index contributed by atoms with van der Waals surface area (Å²) in [5.74, 6) is -0.957. The smallest absolute Gasteiger partial charge is 0.344 e. The Balaban J connectivity index is 0. The Kier molecular flexibility index (Phi) is 10.5. The van der Waals surface area contributed by atoms with E-state index >= 15 is 0 Å². The predicted molar refractivity (Wildman–Crippen MR) is 57.7 cm³/mol. The number of unbranched alkanes of at least 4 members (excludes halogenated alkanes) is 2. The number of carbonyl (C=O) groups excluding carboxylic acids is 1. The summed E-state index contributed by atoms with van der Waals surface area (Å²) in [5, 5.41) is 0. The predicted octanol–water partition coefficient (Wildman–Crippen LogP) is 2.12. The van der Waals surface area contributed by atoms with Crippen LogP contribution in [-0.4, -0.2) is 17.5 Å². The fourth-order valence-electron chi connectivity index (χ4n) is 0.671. The van der Waals surface area contributed by atoms with E-state index in [0.717, 1.165) is 18.9 Å². The highest BCUT2D eigenvalue weighted by atomic mass is 31.2. The van der Waals surface area contributed by atoms with Crippen molar-refractivity contribution < 1.29 is 28.3 Å². The Bertz CT molecular complexity index is 257. The number of phosphoric acid groups is 1. The van der Waals surface area contributed by atoms with Gasteiger partial charge in [-0.05, 0) is 6.42 Å². The summed E-state index contributed by atoms with van der Waals surface area (Å²) >= 11 is 0. The van der Waals surface area contributed by atoms with Gasteiger partial charge in [0.15, 0.2) is 0 Å². The summed E-state index contributed by atoms with van der Waals surface area (Å²) in [7, 11) is -4.29. The van der Waals surface area contributed by atoms with Crippen molar-refractivity contribution in [2.75, 3.05) is 6.61 Å². The van der Waals surface area contributed by atoms with Crippen LogP contribution < -0.4 is 6.15 Å². The number of rotatable bonds is 8. The molecule has 0 aromatic carbocycles. The Labute approximate surface area is 94.5 Å². The molecule has 4 N–H and O–H groups in total. The van der Waals surface area contributed by atoms with Crippen LogP contribution in [-0.2, 0) is 23.4 Å². The van der Waals surface area contributed by atoms with Crippen molar-refractivity contribution >= 4 is 13.8 Å². The molecule has 0 spiro atoms. The molecule has 0 aliphatic rings. The summed E-state index contributed by atoms with van der Waals surface area (Å²) < 4.78 is 19.4. The van der Waals surface area contributed by atoms with Crippen molar-refractivity contribution in [3.63, 3.8) is 0 Å². The molecule has 0 aliphatic carbocycles. The first kappa shape index (κ1) is 17.7. The van der Waals surface area contributed by atoms with Gasteiger partial charge in [-0.1, -0.05) is 31.0 Å². The van der Waals surface area contributed by atoms with Crippen LogP contribution in [0.15, 0.2) is 12.7 Å². The minimum atomic E-state index is -4.29. The fraction of sp³-hybridized carbons (Fsp3) is 0.625. The van der Waals surface area contributed by atoms with Gasteiger partial charge >= 0.3 is 13.8 Å². The fourth-order valence-corrected chi connectivity index (χ4v) is 1.24. The Morgan fingerprint density at radius 3 is 2.62 bits per heavy atom. The van der Waals surface area contributed by atoms with Gasteiger partial charge in [0.05, 0.1) is 6.61 Å². The third kappa shape index (κ3) is 9.82. The summed E-state index contributed by atoms with van der Waals surface area (Å²) in [6, 6.07) is 0. The summed E-state index contributed by atoms with van der Waals surface area (Å²) in [6.45, 7) is 5.14. The zero-order valence-electron chi connectivity index (χ0n) is 9.26. The lowest BCUT2D eigenvalue weighted by Crippen LogP contribution is -2.02. The van der Waals surface area contributed by atoms with Gasteiger partial charge in [0.2, 0.25) is 0 Å². The van der Waals surface area contributed by atoms with E-state index in [4.69, 9.17) is 4.89 Å². The molecule has 0 fully saturated rings. The molecule has 16 heavy (non-hydrogen) atoms. The van der Waals surface area contributed by atoms with Gasteiger partial charge in [-0.2, -0.15) is 0 Å². The van der Waals surface area contributed by atoms with E-state index in [-0.39, 0.29) is 12.8 Å².